The number of fused-ring (bicyclic) bond motifs is 1. The summed E-state index contributed by atoms with van der Waals surface area (Å²) in [4.78, 5) is 20.6. The van der Waals surface area contributed by atoms with E-state index in [0.29, 0.717) is 22.4 Å². The van der Waals surface area contributed by atoms with Crippen LogP contribution in [0.5, 0.6) is 0 Å². The number of amides is 1. The van der Waals surface area contributed by atoms with Crippen molar-refractivity contribution < 1.29 is 4.79 Å². The van der Waals surface area contributed by atoms with E-state index in [4.69, 9.17) is 11.6 Å². The maximum absolute atomic E-state index is 13.1. The van der Waals surface area contributed by atoms with Gasteiger partial charge in [0.15, 0.2) is 11.2 Å². The van der Waals surface area contributed by atoms with Gasteiger partial charge >= 0.3 is 0 Å². The van der Waals surface area contributed by atoms with Crippen LogP contribution in [0.1, 0.15) is 19.4 Å². The summed E-state index contributed by atoms with van der Waals surface area (Å²) in [5, 5.41) is 13.9. The summed E-state index contributed by atoms with van der Waals surface area (Å²) in [5.41, 5.74) is 1.66. The first-order chi connectivity index (χ1) is 13.6. The number of thiazole rings is 1. The molecule has 0 saturated carbocycles. The van der Waals surface area contributed by atoms with E-state index in [1.165, 1.54) is 16.1 Å². The molecule has 4 rings (SSSR count). The first-order valence-electron chi connectivity index (χ1n) is 8.75. The van der Waals surface area contributed by atoms with Crippen LogP contribution in [0.3, 0.4) is 0 Å². The zero-order chi connectivity index (χ0) is 19.7. The lowest BCUT2D eigenvalue weighted by molar-refractivity contribution is -0.122. The quantitative estimate of drug-likeness (QED) is 0.490. The molecule has 9 heteroatoms. The third kappa shape index (κ3) is 3.48. The van der Waals surface area contributed by atoms with Gasteiger partial charge in [0.25, 0.3) is 5.91 Å². The average Bonchev–Trinajstić information content (AvgIpc) is 3.36. The summed E-state index contributed by atoms with van der Waals surface area (Å²) >= 11 is 7.40. The number of hydrogen-bond donors (Lipinski definition) is 0. The molecule has 0 spiro atoms. The van der Waals surface area contributed by atoms with E-state index in [9.17, 15) is 4.79 Å². The number of para-hydroxylation sites is 1. The van der Waals surface area contributed by atoms with Crippen molar-refractivity contribution in [3.05, 3.63) is 53.6 Å². The first-order valence-corrected chi connectivity index (χ1v) is 9.95. The van der Waals surface area contributed by atoms with Crippen LogP contribution in [-0.4, -0.2) is 38.1 Å². The summed E-state index contributed by atoms with van der Waals surface area (Å²) in [6, 6.07) is 14.4. The van der Waals surface area contributed by atoms with Crippen molar-refractivity contribution in [3.63, 3.8) is 0 Å². The molecule has 0 aliphatic carbocycles. The van der Waals surface area contributed by atoms with Crippen LogP contribution in [0.15, 0.2) is 48.5 Å². The van der Waals surface area contributed by atoms with E-state index < -0.39 is 6.04 Å². The van der Waals surface area contributed by atoms with Gasteiger partial charge in [0.05, 0.1) is 10.2 Å². The molecule has 2 heterocycles. The van der Waals surface area contributed by atoms with E-state index in [-0.39, 0.29) is 5.91 Å². The predicted octanol–water partition coefficient (Wildman–Crippen LogP) is 4.22. The Morgan fingerprint density at radius 1 is 1.21 bits per heavy atom. The minimum atomic E-state index is -0.564. The smallest absolute Gasteiger partial charge is 0.255 e. The third-order valence-corrected chi connectivity index (χ3v) is 5.75. The van der Waals surface area contributed by atoms with Crippen molar-refractivity contribution in [1.29, 1.82) is 0 Å². The zero-order valence-electron chi connectivity index (χ0n) is 15.3. The fraction of sp³-hybridized carbons (Fsp3) is 0.211. The van der Waals surface area contributed by atoms with Crippen molar-refractivity contribution in [3.8, 4) is 11.4 Å². The fourth-order valence-corrected chi connectivity index (χ4v) is 3.89. The minimum Gasteiger partial charge on any atom is -0.289 e. The first kappa shape index (κ1) is 18.5. The lowest BCUT2D eigenvalue weighted by Gasteiger charge is -2.19. The summed E-state index contributed by atoms with van der Waals surface area (Å²) in [6.45, 7) is 1.92. The number of rotatable bonds is 5. The summed E-state index contributed by atoms with van der Waals surface area (Å²) in [7, 11) is 1.72. The van der Waals surface area contributed by atoms with Crippen LogP contribution in [0.25, 0.3) is 21.6 Å². The zero-order valence-corrected chi connectivity index (χ0v) is 16.9. The Morgan fingerprint density at radius 3 is 2.68 bits per heavy atom. The van der Waals surface area contributed by atoms with Crippen molar-refractivity contribution >= 4 is 44.2 Å². The third-order valence-electron chi connectivity index (χ3n) is 4.38. The number of carbonyl (C=O) groups is 1. The van der Waals surface area contributed by atoms with Crippen molar-refractivity contribution in [2.45, 2.75) is 19.4 Å². The Labute approximate surface area is 170 Å². The van der Waals surface area contributed by atoms with Gasteiger partial charge in [0, 0.05) is 17.6 Å². The van der Waals surface area contributed by atoms with Crippen LogP contribution in [0, 0.1) is 0 Å². The van der Waals surface area contributed by atoms with Crippen LogP contribution < -0.4 is 4.90 Å². The molecule has 2 aromatic carbocycles. The van der Waals surface area contributed by atoms with E-state index in [0.717, 1.165) is 15.8 Å². The molecule has 0 unspecified atom stereocenters. The van der Waals surface area contributed by atoms with E-state index in [2.05, 4.69) is 20.4 Å². The maximum atomic E-state index is 13.1. The van der Waals surface area contributed by atoms with Gasteiger partial charge in [0.2, 0.25) is 5.82 Å². The molecule has 0 radical (unpaired) electrons. The Kier molecular flexibility index (Phi) is 5.06. The molecular weight excluding hydrogens is 396 g/mol. The Bertz CT molecular complexity index is 1090. The molecule has 142 valence electrons. The second-order valence-corrected chi connectivity index (χ2v) is 7.67. The molecule has 28 heavy (non-hydrogen) atoms. The van der Waals surface area contributed by atoms with Gasteiger partial charge in [-0.3, -0.25) is 9.69 Å². The lowest BCUT2D eigenvalue weighted by atomic mass is 10.2. The molecule has 0 bridgehead atoms. The van der Waals surface area contributed by atoms with Crippen molar-refractivity contribution in [2.75, 3.05) is 11.9 Å². The highest BCUT2D eigenvalue weighted by atomic mass is 35.5. The Morgan fingerprint density at radius 2 is 1.96 bits per heavy atom. The molecule has 0 saturated heterocycles. The Hall–Kier alpha value is -2.84. The van der Waals surface area contributed by atoms with Gasteiger partial charge in [-0.2, -0.15) is 4.80 Å². The molecule has 0 aliphatic heterocycles. The SMILES string of the molecule is CC[C@@H](C(=O)N(C)c1nc2ccccc2s1)n1nnc(-c2ccc(Cl)cc2)n1. The Balaban J connectivity index is 1.59. The average molecular weight is 413 g/mol. The second-order valence-electron chi connectivity index (χ2n) is 6.23. The summed E-state index contributed by atoms with van der Waals surface area (Å²) < 4.78 is 1.04. The topological polar surface area (TPSA) is 76.8 Å². The van der Waals surface area contributed by atoms with Gasteiger partial charge in [-0.05, 0) is 48.0 Å². The molecule has 0 fully saturated rings. The largest absolute Gasteiger partial charge is 0.289 e. The van der Waals surface area contributed by atoms with Gasteiger partial charge in [-0.25, -0.2) is 4.98 Å². The number of tetrazole rings is 1. The van der Waals surface area contributed by atoms with Gasteiger partial charge < -0.3 is 0 Å². The highest BCUT2D eigenvalue weighted by molar-refractivity contribution is 7.22. The minimum absolute atomic E-state index is 0.137. The standard InChI is InChI=1S/C19H17ClN6OS/c1-3-15(26-23-17(22-24-26)12-8-10-13(20)11-9-12)18(27)25(2)19-21-14-6-4-5-7-16(14)28-19/h4-11,15H,3H2,1-2H3/t15-/m0/s1. The number of anilines is 1. The molecule has 7 nitrogen and oxygen atoms in total. The number of carbonyl (C=O) groups excluding carboxylic acids is 1. The van der Waals surface area contributed by atoms with Crippen molar-refractivity contribution in [2.24, 2.45) is 0 Å². The predicted molar refractivity (Wildman–Crippen MR) is 111 cm³/mol. The molecule has 1 atom stereocenters. The van der Waals surface area contributed by atoms with Gasteiger partial charge in [-0.1, -0.05) is 42.0 Å². The van der Waals surface area contributed by atoms with E-state index in [1.807, 2.05) is 43.3 Å². The van der Waals surface area contributed by atoms with Gasteiger partial charge in [-0.15, -0.1) is 10.2 Å². The van der Waals surface area contributed by atoms with Crippen LogP contribution in [0.2, 0.25) is 5.02 Å². The molecule has 4 aromatic rings. The molecule has 2 aromatic heterocycles. The normalized spacial score (nSPS) is 12.2. The maximum Gasteiger partial charge on any atom is 0.255 e. The van der Waals surface area contributed by atoms with Crippen molar-refractivity contribution in [1.82, 2.24) is 25.2 Å². The molecular formula is C19H17ClN6OS. The van der Waals surface area contributed by atoms with E-state index >= 15 is 0 Å². The second kappa shape index (κ2) is 7.65. The lowest BCUT2D eigenvalue weighted by Crippen LogP contribution is -2.35. The number of halogens is 1. The highest BCUT2D eigenvalue weighted by Crippen LogP contribution is 2.29. The van der Waals surface area contributed by atoms with Crippen LogP contribution >= 0.6 is 22.9 Å². The van der Waals surface area contributed by atoms with E-state index in [1.54, 1.807) is 24.1 Å². The molecule has 1 amide bonds. The summed E-state index contributed by atoms with van der Waals surface area (Å²) in [6.07, 6.45) is 0.532. The number of hydrogen-bond acceptors (Lipinski definition) is 6. The number of benzene rings is 2. The highest BCUT2D eigenvalue weighted by Gasteiger charge is 2.27. The van der Waals surface area contributed by atoms with Gasteiger partial charge in [0.1, 0.15) is 0 Å². The molecule has 0 aliphatic rings. The molecule has 0 N–H and O–H groups in total. The monoisotopic (exact) mass is 412 g/mol. The summed E-state index contributed by atoms with van der Waals surface area (Å²) in [5.74, 6) is 0.312. The fourth-order valence-electron chi connectivity index (χ4n) is 2.83. The number of nitrogens with zero attached hydrogens (tertiary/aromatic N) is 6. The number of likely N-dealkylation sites (N-methyl/N-ethyl adjacent to an activating group) is 1. The van der Waals surface area contributed by atoms with Crippen LogP contribution in [-0.2, 0) is 4.79 Å². The number of aromatic nitrogens is 5. The van der Waals surface area contributed by atoms with Crippen LogP contribution in [0.4, 0.5) is 5.13 Å².